The smallest absolute Gasteiger partial charge is 0.414 e. The molecule has 5 aliphatic rings. The molecule has 3 N–H and O–H groups in total. The molecule has 43 heavy (non-hydrogen) atoms. The maximum absolute atomic E-state index is 13.8. The van der Waals surface area contributed by atoms with Crippen LogP contribution >= 0.6 is 0 Å². The summed E-state index contributed by atoms with van der Waals surface area (Å²) >= 11 is 0. The third-order valence-corrected chi connectivity index (χ3v) is 10.9. The highest BCUT2D eigenvalue weighted by molar-refractivity contribution is 7.91. The van der Waals surface area contributed by atoms with E-state index in [0.29, 0.717) is 32.4 Å². The number of benzene rings is 1. The highest BCUT2D eigenvalue weighted by atomic mass is 32.2. The van der Waals surface area contributed by atoms with Gasteiger partial charge in [-0.15, -0.1) is 0 Å². The second-order valence-corrected chi connectivity index (χ2v) is 14.4. The van der Waals surface area contributed by atoms with Crippen molar-refractivity contribution in [2.24, 2.45) is 5.92 Å². The number of amides is 5. The summed E-state index contributed by atoms with van der Waals surface area (Å²) in [4.78, 5) is 56.6. The SMILES string of the molecule is Cc1ccc2c(c1)CCN2C(=O)O[C@@H]1C[C@H]2C(=O)NC3(C(=O)NS(=O)(=O)C4CC4)C[C@H]3/C=C\CCCCCNC(=O)N2C1. The lowest BCUT2D eigenvalue weighted by atomic mass is 10.1. The molecule has 0 radical (unpaired) electrons. The highest BCUT2D eigenvalue weighted by Crippen LogP contribution is 2.46. The lowest BCUT2D eigenvalue weighted by Gasteiger charge is -2.26. The van der Waals surface area contributed by atoms with Crippen molar-refractivity contribution in [1.82, 2.24) is 20.3 Å². The molecule has 3 aliphatic heterocycles. The molecule has 1 aromatic rings. The van der Waals surface area contributed by atoms with E-state index in [4.69, 9.17) is 4.74 Å². The largest absolute Gasteiger partial charge is 0.444 e. The quantitative estimate of drug-likeness (QED) is 0.440. The number of hydrogen-bond acceptors (Lipinski definition) is 7. The zero-order valence-electron chi connectivity index (χ0n) is 24.3. The lowest BCUT2D eigenvalue weighted by molar-refractivity contribution is -0.131. The minimum absolute atomic E-state index is 0.0167. The predicted molar refractivity (Wildman–Crippen MR) is 158 cm³/mol. The molecule has 2 saturated carbocycles. The molecule has 3 heterocycles. The fourth-order valence-corrected chi connectivity index (χ4v) is 7.73. The van der Waals surface area contributed by atoms with Gasteiger partial charge in [0.15, 0.2) is 0 Å². The fourth-order valence-electron chi connectivity index (χ4n) is 6.37. The van der Waals surface area contributed by atoms with Gasteiger partial charge in [-0.3, -0.25) is 19.2 Å². The molecule has 232 valence electrons. The average molecular weight is 614 g/mol. The van der Waals surface area contributed by atoms with Crippen molar-refractivity contribution < 1.29 is 32.3 Å². The first-order valence-electron chi connectivity index (χ1n) is 15.2. The molecule has 1 aromatic carbocycles. The van der Waals surface area contributed by atoms with Crippen LogP contribution in [0.5, 0.6) is 0 Å². The van der Waals surface area contributed by atoms with E-state index in [1.807, 2.05) is 37.3 Å². The second kappa shape index (κ2) is 11.5. The van der Waals surface area contributed by atoms with Crippen molar-refractivity contribution in [3.05, 3.63) is 41.5 Å². The number of allylic oxidation sites excluding steroid dienone is 1. The van der Waals surface area contributed by atoms with Gasteiger partial charge in [-0.2, -0.15) is 0 Å². The number of hydrogen-bond donors (Lipinski definition) is 3. The number of nitrogens with zero attached hydrogens (tertiary/aromatic N) is 2. The predicted octanol–water partition coefficient (Wildman–Crippen LogP) is 2.26. The van der Waals surface area contributed by atoms with Gasteiger partial charge in [-0.05, 0) is 63.5 Å². The first-order chi connectivity index (χ1) is 20.6. The van der Waals surface area contributed by atoms with Crippen LogP contribution in [0.25, 0.3) is 0 Å². The van der Waals surface area contributed by atoms with Crippen molar-refractivity contribution in [2.75, 3.05) is 24.5 Å². The number of carbonyl (C=O) groups is 4. The van der Waals surface area contributed by atoms with Crippen LogP contribution < -0.4 is 20.3 Å². The Labute approximate surface area is 251 Å². The van der Waals surface area contributed by atoms with Crippen LogP contribution in [0.4, 0.5) is 15.3 Å². The molecular formula is C30H39N5O7S. The Balaban J connectivity index is 1.20. The molecule has 2 aliphatic carbocycles. The summed E-state index contributed by atoms with van der Waals surface area (Å²) in [6.45, 7) is 2.93. The first kappa shape index (κ1) is 29.5. The van der Waals surface area contributed by atoms with Gasteiger partial charge in [0, 0.05) is 25.4 Å². The topological polar surface area (TPSA) is 154 Å². The summed E-state index contributed by atoms with van der Waals surface area (Å²) in [7, 11) is -3.82. The number of nitrogens with one attached hydrogen (secondary N) is 3. The van der Waals surface area contributed by atoms with E-state index in [0.717, 1.165) is 42.5 Å². The van der Waals surface area contributed by atoms with Crippen molar-refractivity contribution >= 4 is 39.6 Å². The van der Waals surface area contributed by atoms with E-state index in [9.17, 15) is 27.6 Å². The van der Waals surface area contributed by atoms with Crippen LogP contribution in [0, 0.1) is 12.8 Å². The van der Waals surface area contributed by atoms with Gasteiger partial charge in [-0.25, -0.2) is 18.0 Å². The third-order valence-electron chi connectivity index (χ3n) is 9.10. The first-order valence-corrected chi connectivity index (χ1v) is 16.8. The normalized spacial score (nSPS) is 30.0. The summed E-state index contributed by atoms with van der Waals surface area (Å²) in [5.41, 5.74) is 1.54. The van der Waals surface area contributed by atoms with Crippen molar-refractivity contribution in [1.29, 1.82) is 0 Å². The molecule has 5 amide bonds. The Hall–Kier alpha value is -3.61. The van der Waals surface area contributed by atoms with Gasteiger partial charge in [0.2, 0.25) is 15.9 Å². The maximum Gasteiger partial charge on any atom is 0.414 e. The fraction of sp³-hybridized carbons (Fsp3) is 0.600. The molecule has 4 atom stereocenters. The van der Waals surface area contributed by atoms with Crippen molar-refractivity contribution in [2.45, 2.75) is 87.6 Å². The minimum atomic E-state index is -3.82. The van der Waals surface area contributed by atoms with Crippen LogP contribution in [-0.4, -0.2) is 79.8 Å². The van der Waals surface area contributed by atoms with Gasteiger partial charge in [-0.1, -0.05) is 36.3 Å². The number of ether oxygens (including phenoxy) is 1. The molecule has 1 saturated heterocycles. The second-order valence-electron chi connectivity index (χ2n) is 12.4. The zero-order valence-corrected chi connectivity index (χ0v) is 25.2. The number of sulfonamides is 1. The van der Waals surface area contributed by atoms with Crippen LogP contribution in [0.15, 0.2) is 30.4 Å². The summed E-state index contributed by atoms with van der Waals surface area (Å²) in [6, 6.07) is 4.43. The summed E-state index contributed by atoms with van der Waals surface area (Å²) in [5.74, 6) is -1.71. The van der Waals surface area contributed by atoms with Gasteiger partial charge in [0.25, 0.3) is 5.91 Å². The van der Waals surface area contributed by atoms with E-state index in [1.165, 1.54) is 4.90 Å². The molecule has 12 nitrogen and oxygen atoms in total. The monoisotopic (exact) mass is 613 g/mol. The van der Waals surface area contributed by atoms with Gasteiger partial charge >= 0.3 is 12.1 Å². The molecule has 0 bridgehead atoms. The number of carbonyl (C=O) groups excluding carboxylic acids is 4. The van der Waals surface area contributed by atoms with Crippen LogP contribution in [-0.2, 0) is 30.8 Å². The number of fused-ring (bicyclic) bond motifs is 3. The zero-order chi connectivity index (χ0) is 30.4. The van der Waals surface area contributed by atoms with Gasteiger partial charge < -0.3 is 20.3 Å². The maximum atomic E-state index is 13.8. The van der Waals surface area contributed by atoms with Crippen LogP contribution in [0.2, 0.25) is 0 Å². The Morgan fingerprint density at radius 2 is 1.95 bits per heavy atom. The van der Waals surface area contributed by atoms with E-state index in [1.54, 1.807) is 4.90 Å². The Morgan fingerprint density at radius 3 is 2.74 bits per heavy atom. The van der Waals surface area contributed by atoms with Crippen LogP contribution in [0.1, 0.15) is 62.5 Å². The Morgan fingerprint density at radius 1 is 1.14 bits per heavy atom. The molecule has 1 unspecified atom stereocenters. The summed E-state index contributed by atoms with van der Waals surface area (Å²) < 4.78 is 33.2. The van der Waals surface area contributed by atoms with Crippen LogP contribution in [0.3, 0.4) is 0 Å². The standard InChI is InChI=1S/C30H39N5O7S/c1-19-8-11-24-20(15-19)12-14-34(24)29(39)42-22-16-25-26(36)32-30(27(37)33-43(40,41)23-9-10-23)17-21(30)7-5-3-2-4-6-13-31-28(38)35(25)18-22/h5,7-8,11,15,21-23,25H,2-4,6,9-10,12-14,16-18H2,1H3,(H,31,38)(H,32,36)(H,33,37)/b7-5-/t21-,22-,25+,30?/m1/s1. The van der Waals surface area contributed by atoms with E-state index < -0.39 is 56.9 Å². The lowest BCUT2D eigenvalue weighted by Crippen LogP contribution is -2.57. The van der Waals surface area contributed by atoms with Crippen molar-refractivity contribution in [3.63, 3.8) is 0 Å². The number of anilines is 1. The van der Waals surface area contributed by atoms with Crippen molar-refractivity contribution in [3.8, 4) is 0 Å². The minimum Gasteiger partial charge on any atom is -0.444 e. The molecule has 0 aromatic heterocycles. The Bertz CT molecular complexity index is 1460. The summed E-state index contributed by atoms with van der Waals surface area (Å²) in [6.07, 6.45) is 7.92. The number of urea groups is 1. The third kappa shape index (κ3) is 6.09. The molecule has 6 rings (SSSR count). The van der Waals surface area contributed by atoms with Gasteiger partial charge in [0.05, 0.1) is 17.5 Å². The highest BCUT2D eigenvalue weighted by Gasteiger charge is 2.62. The number of aryl methyl sites for hydroxylation is 1. The van der Waals surface area contributed by atoms with Gasteiger partial charge in [0.1, 0.15) is 17.7 Å². The molecular weight excluding hydrogens is 574 g/mol. The summed E-state index contributed by atoms with van der Waals surface area (Å²) in [5, 5.41) is 5.11. The molecule has 0 spiro atoms. The molecule has 13 heteroatoms. The van der Waals surface area contributed by atoms with E-state index >= 15 is 0 Å². The number of rotatable bonds is 4. The molecule has 3 fully saturated rings. The average Bonchev–Trinajstić information content (AvgIpc) is 3.85. The van der Waals surface area contributed by atoms with E-state index in [2.05, 4.69) is 15.4 Å². The Kier molecular flexibility index (Phi) is 7.86. The van der Waals surface area contributed by atoms with E-state index in [-0.39, 0.29) is 25.3 Å².